The van der Waals surface area contributed by atoms with Crippen molar-refractivity contribution in [2.24, 2.45) is 0 Å². The number of aromatic carboxylic acids is 1. The van der Waals surface area contributed by atoms with E-state index >= 15 is 0 Å². The lowest BCUT2D eigenvalue weighted by Gasteiger charge is -2.37. The number of carbonyl (C=O) groups is 1. The fourth-order valence-electron chi connectivity index (χ4n) is 2.62. The molecule has 1 unspecified atom stereocenters. The van der Waals surface area contributed by atoms with E-state index in [0.717, 1.165) is 18.7 Å². The van der Waals surface area contributed by atoms with Crippen LogP contribution in [0.4, 0.5) is 5.69 Å². The molecular weight excluding hydrogens is 250 g/mol. The van der Waals surface area contributed by atoms with E-state index in [2.05, 4.69) is 11.8 Å². The minimum absolute atomic E-state index is 0.172. The Morgan fingerprint density at radius 1 is 1.50 bits per heavy atom. The Morgan fingerprint density at radius 2 is 2.28 bits per heavy atom. The lowest BCUT2D eigenvalue weighted by atomic mass is 9.99. The van der Waals surface area contributed by atoms with Crippen LogP contribution < -0.4 is 4.90 Å². The SMILES string of the molecule is CCC1CCCCN1c1ccc(C(=O)O)c(Cl)c1. The monoisotopic (exact) mass is 267 g/mol. The number of anilines is 1. The van der Waals surface area contributed by atoms with Gasteiger partial charge in [-0.3, -0.25) is 0 Å². The molecule has 0 radical (unpaired) electrons. The maximum absolute atomic E-state index is 10.9. The molecular formula is C14H18ClNO2. The highest BCUT2D eigenvalue weighted by molar-refractivity contribution is 6.33. The van der Waals surface area contributed by atoms with E-state index in [4.69, 9.17) is 16.7 Å². The summed E-state index contributed by atoms with van der Waals surface area (Å²) in [5.41, 5.74) is 1.21. The summed E-state index contributed by atoms with van der Waals surface area (Å²) in [5.74, 6) is -0.975. The van der Waals surface area contributed by atoms with Crippen LogP contribution in [0.15, 0.2) is 18.2 Å². The molecule has 0 amide bonds. The van der Waals surface area contributed by atoms with Crippen molar-refractivity contribution in [3.63, 3.8) is 0 Å². The van der Waals surface area contributed by atoms with Crippen LogP contribution in [0.25, 0.3) is 0 Å². The van der Waals surface area contributed by atoms with Crippen LogP contribution in [0.1, 0.15) is 43.0 Å². The Hall–Kier alpha value is -1.22. The van der Waals surface area contributed by atoms with Gasteiger partial charge in [0, 0.05) is 18.3 Å². The minimum Gasteiger partial charge on any atom is -0.478 e. The highest BCUT2D eigenvalue weighted by Gasteiger charge is 2.22. The highest BCUT2D eigenvalue weighted by Crippen LogP contribution is 2.29. The number of rotatable bonds is 3. The lowest BCUT2D eigenvalue weighted by Crippen LogP contribution is -2.39. The summed E-state index contributed by atoms with van der Waals surface area (Å²) in [5, 5.41) is 9.29. The summed E-state index contributed by atoms with van der Waals surface area (Å²) in [7, 11) is 0. The van der Waals surface area contributed by atoms with Crippen LogP contribution in [0, 0.1) is 0 Å². The van der Waals surface area contributed by atoms with Crippen molar-refractivity contribution >= 4 is 23.3 Å². The Morgan fingerprint density at radius 3 is 2.89 bits per heavy atom. The average molecular weight is 268 g/mol. The van der Waals surface area contributed by atoms with Gasteiger partial charge in [-0.05, 0) is 43.9 Å². The van der Waals surface area contributed by atoms with Crippen molar-refractivity contribution in [2.45, 2.75) is 38.6 Å². The van der Waals surface area contributed by atoms with Crippen molar-refractivity contribution in [3.05, 3.63) is 28.8 Å². The molecule has 18 heavy (non-hydrogen) atoms. The zero-order chi connectivity index (χ0) is 13.1. The summed E-state index contributed by atoms with van der Waals surface area (Å²) in [6.45, 7) is 3.22. The minimum atomic E-state index is -0.975. The van der Waals surface area contributed by atoms with Crippen molar-refractivity contribution in [1.82, 2.24) is 0 Å². The Labute approximate surface area is 112 Å². The number of hydrogen-bond donors (Lipinski definition) is 1. The van der Waals surface area contributed by atoms with Crippen molar-refractivity contribution in [1.29, 1.82) is 0 Å². The first kappa shape index (κ1) is 13.2. The smallest absolute Gasteiger partial charge is 0.337 e. The molecule has 1 atom stereocenters. The molecule has 1 aliphatic heterocycles. The molecule has 0 saturated carbocycles. The van der Waals surface area contributed by atoms with E-state index in [1.54, 1.807) is 12.1 Å². The molecule has 1 aromatic rings. The van der Waals surface area contributed by atoms with Gasteiger partial charge in [-0.25, -0.2) is 4.79 Å². The van der Waals surface area contributed by atoms with E-state index in [9.17, 15) is 4.79 Å². The van der Waals surface area contributed by atoms with Crippen LogP contribution in [0.5, 0.6) is 0 Å². The highest BCUT2D eigenvalue weighted by atomic mass is 35.5. The fourth-order valence-corrected chi connectivity index (χ4v) is 2.88. The van der Waals surface area contributed by atoms with E-state index in [-0.39, 0.29) is 5.56 Å². The van der Waals surface area contributed by atoms with Crippen LogP contribution >= 0.6 is 11.6 Å². The maximum Gasteiger partial charge on any atom is 0.337 e. The number of nitrogens with zero attached hydrogens (tertiary/aromatic N) is 1. The number of benzene rings is 1. The Balaban J connectivity index is 2.27. The van der Waals surface area contributed by atoms with Gasteiger partial charge < -0.3 is 10.0 Å². The molecule has 4 heteroatoms. The van der Waals surface area contributed by atoms with Gasteiger partial charge in [0.25, 0.3) is 0 Å². The van der Waals surface area contributed by atoms with E-state index in [1.165, 1.54) is 19.3 Å². The number of carboxylic acids is 1. The van der Waals surface area contributed by atoms with Gasteiger partial charge in [0.2, 0.25) is 0 Å². The summed E-state index contributed by atoms with van der Waals surface area (Å²) >= 11 is 6.03. The average Bonchev–Trinajstić information content (AvgIpc) is 2.38. The molecule has 3 nitrogen and oxygen atoms in total. The summed E-state index contributed by atoms with van der Waals surface area (Å²) in [6, 6.07) is 5.79. The first-order valence-electron chi connectivity index (χ1n) is 6.43. The molecule has 98 valence electrons. The summed E-state index contributed by atoms with van der Waals surface area (Å²) < 4.78 is 0. The van der Waals surface area contributed by atoms with Gasteiger partial charge in [-0.1, -0.05) is 18.5 Å². The first-order valence-corrected chi connectivity index (χ1v) is 6.80. The Bertz CT molecular complexity index is 447. The predicted molar refractivity (Wildman–Crippen MR) is 73.7 cm³/mol. The molecule has 1 aromatic carbocycles. The van der Waals surface area contributed by atoms with Gasteiger partial charge in [-0.15, -0.1) is 0 Å². The first-order chi connectivity index (χ1) is 8.63. The molecule has 2 rings (SSSR count). The van der Waals surface area contributed by atoms with Crippen molar-refractivity contribution in [2.75, 3.05) is 11.4 Å². The third kappa shape index (κ3) is 2.61. The number of halogens is 1. The van der Waals surface area contributed by atoms with Gasteiger partial charge in [0.15, 0.2) is 0 Å². The van der Waals surface area contributed by atoms with Gasteiger partial charge in [0.1, 0.15) is 0 Å². The largest absolute Gasteiger partial charge is 0.478 e. The third-order valence-corrected chi connectivity index (χ3v) is 3.93. The molecule has 0 aliphatic carbocycles. The number of carboxylic acid groups (broad SMARTS) is 1. The number of hydrogen-bond acceptors (Lipinski definition) is 2. The van der Waals surface area contributed by atoms with Crippen molar-refractivity contribution in [3.8, 4) is 0 Å². The van der Waals surface area contributed by atoms with Crippen LogP contribution in [0.2, 0.25) is 5.02 Å². The lowest BCUT2D eigenvalue weighted by molar-refractivity contribution is 0.0697. The topological polar surface area (TPSA) is 40.5 Å². The summed E-state index contributed by atoms with van der Waals surface area (Å²) in [4.78, 5) is 13.3. The van der Waals surface area contributed by atoms with E-state index in [1.807, 2.05) is 6.07 Å². The second-order valence-corrected chi connectivity index (χ2v) is 5.13. The van der Waals surface area contributed by atoms with Gasteiger partial charge in [-0.2, -0.15) is 0 Å². The normalized spacial score (nSPS) is 19.9. The maximum atomic E-state index is 10.9. The Kier molecular flexibility index (Phi) is 4.12. The zero-order valence-corrected chi connectivity index (χ0v) is 11.3. The predicted octanol–water partition coefficient (Wildman–Crippen LogP) is 3.81. The molecule has 1 N–H and O–H groups in total. The molecule has 0 aromatic heterocycles. The molecule has 1 aliphatic rings. The van der Waals surface area contributed by atoms with Gasteiger partial charge in [0.05, 0.1) is 10.6 Å². The summed E-state index contributed by atoms with van der Waals surface area (Å²) in [6.07, 6.45) is 4.78. The second-order valence-electron chi connectivity index (χ2n) is 4.72. The second kappa shape index (κ2) is 5.61. The standard InChI is InChI=1S/C14H18ClNO2/c1-2-10-5-3-4-8-16(10)11-6-7-12(14(17)18)13(15)9-11/h6-7,9-10H,2-5,8H2,1H3,(H,17,18). The van der Waals surface area contributed by atoms with Crippen LogP contribution in [-0.2, 0) is 0 Å². The quantitative estimate of drug-likeness (QED) is 0.905. The molecule has 0 bridgehead atoms. The van der Waals surface area contributed by atoms with Crippen LogP contribution in [-0.4, -0.2) is 23.7 Å². The van der Waals surface area contributed by atoms with Gasteiger partial charge >= 0.3 is 5.97 Å². The molecule has 0 spiro atoms. The fraction of sp³-hybridized carbons (Fsp3) is 0.500. The van der Waals surface area contributed by atoms with Crippen LogP contribution in [0.3, 0.4) is 0 Å². The van der Waals surface area contributed by atoms with Crippen molar-refractivity contribution < 1.29 is 9.90 Å². The molecule has 1 fully saturated rings. The molecule has 1 saturated heterocycles. The van der Waals surface area contributed by atoms with E-state index < -0.39 is 5.97 Å². The van der Waals surface area contributed by atoms with E-state index in [0.29, 0.717) is 11.1 Å². The zero-order valence-electron chi connectivity index (χ0n) is 10.5. The number of piperidine rings is 1. The molecule has 1 heterocycles. The third-order valence-electron chi connectivity index (χ3n) is 3.61.